The van der Waals surface area contributed by atoms with Gasteiger partial charge >= 0.3 is 0 Å². The van der Waals surface area contributed by atoms with Gasteiger partial charge in [-0.1, -0.05) is 38.3 Å². The third-order valence-corrected chi connectivity index (χ3v) is 3.35. The molecule has 0 radical (unpaired) electrons. The maximum absolute atomic E-state index is 10.8. The van der Waals surface area contributed by atoms with E-state index in [9.17, 15) is 5.11 Å². The molecule has 0 aliphatic rings. The molecule has 104 valence electrons. The molecule has 1 N–H and O–H groups in total. The zero-order chi connectivity index (χ0) is 13.6. The van der Waals surface area contributed by atoms with E-state index in [2.05, 4.69) is 18.9 Å². The van der Waals surface area contributed by atoms with Crippen LogP contribution < -0.4 is 0 Å². The molecule has 0 fully saturated rings. The molecule has 4 nitrogen and oxygen atoms in total. The maximum Gasteiger partial charge on any atom is 0.108 e. The fourth-order valence-electron chi connectivity index (χ4n) is 2.36. The summed E-state index contributed by atoms with van der Waals surface area (Å²) in [6, 6.07) is 0. The van der Waals surface area contributed by atoms with E-state index in [1.165, 1.54) is 0 Å². The minimum Gasteiger partial charge on any atom is -0.384 e. The number of hydrogen-bond acceptors (Lipinski definition) is 3. The van der Waals surface area contributed by atoms with E-state index >= 15 is 0 Å². The van der Waals surface area contributed by atoms with Crippen molar-refractivity contribution in [2.75, 3.05) is 13.7 Å². The Kier molecular flexibility index (Phi) is 6.12. The minimum absolute atomic E-state index is 0.538. The maximum atomic E-state index is 10.8. The van der Waals surface area contributed by atoms with Gasteiger partial charge < -0.3 is 9.84 Å². The van der Waals surface area contributed by atoms with Crippen LogP contribution in [0.5, 0.6) is 0 Å². The van der Waals surface area contributed by atoms with Gasteiger partial charge in [-0.05, 0) is 12.8 Å². The molecule has 0 amide bonds. The zero-order valence-electron chi connectivity index (χ0n) is 11.4. The van der Waals surface area contributed by atoms with E-state index in [4.69, 9.17) is 16.3 Å². The highest BCUT2D eigenvalue weighted by atomic mass is 35.5. The SMILES string of the molecule is CCCC(O)(CCC)c1c(Cl)cnn1CCOC. The molecular formula is C13H23ClN2O2. The molecule has 5 heteroatoms. The van der Waals surface area contributed by atoms with E-state index in [-0.39, 0.29) is 0 Å². The Hall–Kier alpha value is -0.580. The lowest BCUT2D eigenvalue weighted by Gasteiger charge is -2.29. The summed E-state index contributed by atoms with van der Waals surface area (Å²) >= 11 is 6.20. The van der Waals surface area contributed by atoms with Crippen LogP contribution in [-0.4, -0.2) is 28.6 Å². The number of methoxy groups -OCH3 is 1. The molecule has 0 saturated carbocycles. The number of hydrogen-bond donors (Lipinski definition) is 1. The monoisotopic (exact) mass is 274 g/mol. The van der Waals surface area contributed by atoms with Gasteiger partial charge in [-0.25, -0.2) is 0 Å². The van der Waals surface area contributed by atoms with Crippen LogP contribution >= 0.6 is 11.6 Å². The molecule has 0 atom stereocenters. The lowest BCUT2D eigenvalue weighted by molar-refractivity contribution is 0.00724. The van der Waals surface area contributed by atoms with Crippen molar-refractivity contribution in [2.45, 2.75) is 51.7 Å². The number of aromatic nitrogens is 2. The molecule has 0 saturated heterocycles. The Morgan fingerprint density at radius 3 is 2.50 bits per heavy atom. The highest BCUT2D eigenvalue weighted by molar-refractivity contribution is 6.31. The van der Waals surface area contributed by atoms with Crippen LogP contribution in [0.4, 0.5) is 0 Å². The predicted octanol–water partition coefficient (Wildman–Crippen LogP) is 2.97. The summed E-state index contributed by atoms with van der Waals surface area (Å²) in [6.45, 7) is 5.28. The van der Waals surface area contributed by atoms with E-state index in [0.29, 0.717) is 31.0 Å². The molecule has 18 heavy (non-hydrogen) atoms. The fourth-order valence-corrected chi connectivity index (χ4v) is 2.68. The topological polar surface area (TPSA) is 47.3 Å². The first kappa shape index (κ1) is 15.5. The second kappa shape index (κ2) is 7.12. The standard InChI is InChI=1S/C13H23ClN2O2/c1-4-6-13(17,7-5-2)12-11(14)10-15-16(12)8-9-18-3/h10,17H,4-9H2,1-3H3. The predicted molar refractivity (Wildman–Crippen MR) is 72.8 cm³/mol. The molecule has 1 heterocycles. The van der Waals surface area contributed by atoms with Crippen LogP contribution in [0.3, 0.4) is 0 Å². The van der Waals surface area contributed by atoms with Crippen molar-refractivity contribution >= 4 is 11.6 Å². The van der Waals surface area contributed by atoms with Crippen LogP contribution in [0.15, 0.2) is 6.20 Å². The summed E-state index contributed by atoms with van der Waals surface area (Å²) in [5.74, 6) is 0. The van der Waals surface area contributed by atoms with Crippen LogP contribution in [-0.2, 0) is 16.9 Å². The first-order chi connectivity index (χ1) is 8.59. The molecule has 0 unspecified atom stereocenters. The lowest BCUT2D eigenvalue weighted by atomic mass is 9.89. The summed E-state index contributed by atoms with van der Waals surface area (Å²) in [6.07, 6.45) is 4.80. The molecule has 0 spiro atoms. The molecule has 0 aliphatic carbocycles. The number of ether oxygens (including phenoxy) is 1. The normalized spacial score (nSPS) is 12.1. The van der Waals surface area contributed by atoms with Crippen LogP contribution in [0.25, 0.3) is 0 Å². The average molecular weight is 275 g/mol. The molecule has 1 rings (SSSR count). The van der Waals surface area contributed by atoms with Gasteiger partial charge in [0.2, 0.25) is 0 Å². The van der Waals surface area contributed by atoms with E-state index in [1.54, 1.807) is 18.0 Å². The number of nitrogens with zero attached hydrogens (tertiary/aromatic N) is 2. The summed E-state index contributed by atoms with van der Waals surface area (Å²) in [5.41, 5.74) is -0.157. The van der Waals surface area contributed by atoms with Gasteiger partial charge in [0, 0.05) is 7.11 Å². The Balaban J connectivity index is 3.05. The lowest BCUT2D eigenvalue weighted by Crippen LogP contribution is -2.30. The average Bonchev–Trinajstić information content (AvgIpc) is 2.69. The Morgan fingerprint density at radius 2 is 2.00 bits per heavy atom. The fraction of sp³-hybridized carbons (Fsp3) is 0.769. The van der Waals surface area contributed by atoms with Crippen molar-refractivity contribution in [1.82, 2.24) is 9.78 Å². The first-order valence-electron chi connectivity index (χ1n) is 6.52. The zero-order valence-corrected chi connectivity index (χ0v) is 12.2. The number of aliphatic hydroxyl groups is 1. The van der Waals surface area contributed by atoms with Gasteiger partial charge in [0.25, 0.3) is 0 Å². The molecule has 0 aliphatic heterocycles. The summed E-state index contributed by atoms with van der Waals surface area (Å²) in [4.78, 5) is 0. The van der Waals surface area contributed by atoms with Crippen molar-refractivity contribution in [3.05, 3.63) is 16.9 Å². The van der Waals surface area contributed by atoms with Gasteiger partial charge in [-0.3, -0.25) is 4.68 Å². The van der Waals surface area contributed by atoms with Gasteiger partial charge in [0.15, 0.2) is 0 Å². The van der Waals surface area contributed by atoms with Crippen LogP contribution in [0, 0.1) is 0 Å². The second-order valence-corrected chi connectivity index (χ2v) is 5.00. The van der Waals surface area contributed by atoms with Crippen molar-refractivity contribution < 1.29 is 9.84 Å². The summed E-state index contributed by atoms with van der Waals surface area (Å²) in [7, 11) is 1.65. The Morgan fingerprint density at radius 1 is 1.39 bits per heavy atom. The summed E-state index contributed by atoms with van der Waals surface area (Å²) < 4.78 is 6.82. The molecule has 0 bridgehead atoms. The highest BCUT2D eigenvalue weighted by Gasteiger charge is 2.33. The second-order valence-electron chi connectivity index (χ2n) is 4.59. The van der Waals surface area contributed by atoms with Gasteiger partial charge in [0.05, 0.1) is 30.1 Å². The smallest absolute Gasteiger partial charge is 0.108 e. The number of halogens is 1. The molecule has 1 aromatic heterocycles. The minimum atomic E-state index is -0.884. The largest absolute Gasteiger partial charge is 0.384 e. The van der Waals surface area contributed by atoms with E-state index in [1.807, 2.05) is 0 Å². The van der Waals surface area contributed by atoms with E-state index in [0.717, 1.165) is 18.5 Å². The third-order valence-electron chi connectivity index (χ3n) is 3.07. The van der Waals surface area contributed by atoms with Crippen molar-refractivity contribution in [3.63, 3.8) is 0 Å². The van der Waals surface area contributed by atoms with Gasteiger partial charge in [-0.2, -0.15) is 5.10 Å². The van der Waals surface area contributed by atoms with Crippen LogP contribution in [0.1, 0.15) is 45.2 Å². The van der Waals surface area contributed by atoms with E-state index < -0.39 is 5.60 Å². The quantitative estimate of drug-likeness (QED) is 0.793. The molecule has 0 aromatic carbocycles. The Bertz CT molecular complexity index is 360. The molecular weight excluding hydrogens is 252 g/mol. The highest BCUT2D eigenvalue weighted by Crippen LogP contribution is 2.35. The van der Waals surface area contributed by atoms with Crippen molar-refractivity contribution in [2.24, 2.45) is 0 Å². The molecule has 1 aromatic rings. The number of rotatable bonds is 8. The van der Waals surface area contributed by atoms with Crippen molar-refractivity contribution in [3.8, 4) is 0 Å². The first-order valence-corrected chi connectivity index (χ1v) is 6.90. The third kappa shape index (κ3) is 3.46. The van der Waals surface area contributed by atoms with Gasteiger partial charge in [0.1, 0.15) is 5.60 Å². The van der Waals surface area contributed by atoms with Crippen LogP contribution in [0.2, 0.25) is 5.02 Å². The van der Waals surface area contributed by atoms with Gasteiger partial charge in [-0.15, -0.1) is 0 Å². The van der Waals surface area contributed by atoms with Crippen molar-refractivity contribution in [1.29, 1.82) is 0 Å². The Labute approximate surface area is 114 Å². The summed E-state index contributed by atoms with van der Waals surface area (Å²) in [5, 5.41) is 15.6.